The van der Waals surface area contributed by atoms with Crippen LogP contribution in [-0.2, 0) is 0 Å². The molecule has 0 aliphatic carbocycles. The lowest BCUT2D eigenvalue weighted by Gasteiger charge is -1.98. The van der Waals surface area contributed by atoms with Gasteiger partial charge in [-0.1, -0.05) is 0 Å². The summed E-state index contributed by atoms with van der Waals surface area (Å²) in [7, 11) is 0. The molecule has 1 rings (SSSR count). The van der Waals surface area contributed by atoms with Gasteiger partial charge in [-0.3, -0.25) is 0 Å². The predicted octanol–water partition coefficient (Wildman–Crippen LogP) is 2.11. The molecule has 0 amide bonds. The molecule has 0 aromatic carbocycles. The van der Waals surface area contributed by atoms with Crippen molar-refractivity contribution in [1.82, 2.24) is 9.97 Å². The van der Waals surface area contributed by atoms with Gasteiger partial charge in [-0.2, -0.15) is 0 Å². The fourth-order valence-electron chi connectivity index (χ4n) is 0.643. The van der Waals surface area contributed by atoms with Gasteiger partial charge in [-0.15, -0.1) is 11.8 Å². The van der Waals surface area contributed by atoms with Crippen LogP contribution in [0.3, 0.4) is 0 Å². The molecule has 0 fully saturated rings. The Hall–Kier alpha value is 0.160. The van der Waals surface area contributed by atoms with E-state index in [1.54, 1.807) is 18.0 Å². The van der Waals surface area contributed by atoms with Crippen molar-refractivity contribution in [1.29, 1.82) is 0 Å². The van der Waals surface area contributed by atoms with Crippen LogP contribution in [0.1, 0.15) is 5.69 Å². The molecule has 0 N–H and O–H groups in total. The lowest BCUT2D eigenvalue weighted by molar-refractivity contribution is 0.968. The Morgan fingerprint density at radius 3 is 2.80 bits per heavy atom. The lowest BCUT2D eigenvalue weighted by atomic mass is 10.5. The Bertz CT molecular complexity index is 239. The molecule has 0 spiro atoms. The highest BCUT2D eigenvalue weighted by Gasteiger charge is 1.98. The molecular formula is C6H7IN2S. The monoisotopic (exact) mass is 266 g/mol. The number of hydrogen-bond acceptors (Lipinski definition) is 3. The van der Waals surface area contributed by atoms with Crippen LogP contribution in [0.15, 0.2) is 11.2 Å². The third-order valence-electron chi connectivity index (χ3n) is 1.07. The number of aryl methyl sites for hydroxylation is 1. The second-order valence-corrected chi connectivity index (χ2v) is 3.69. The summed E-state index contributed by atoms with van der Waals surface area (Å²) < 4.78 is 0.952. The summed E-state index contributed by atoms with van der Waals surface area (Å²) in [5.74, 6) is 0. The van der Waals surface area contributed by atoms with Gasteiger partial charge < -0.3 is 0 Å². The van der Waals surface area contributed by atoms with Crippen LogP contribution in [0.25, 0.3) is 0 Å². The third kappa shape index (κ3) is 1.82. The molecule has 4 heteroatoms. The minimum absolute atomic E-state index is 0.952. The fourth-order valence-corrected chi connectivity index (χ4v) is 1.64. The summed E-state index contributed by atoms with van der Waals surface area (Å²) in [5, 5.41) is 1.01. The van der Waals surface area contributed by atoms with Gasteiger partial charge >= 0.3 is 0 Å². The summed E-state index contributed by atoms with van der Waals surface area (Å²) in [6.45, 7) is 1.97. The topological polar surface area (TPSA) is 25.8 Å². The van der Waals surface area contributed by atoms with E-state index < -0.39 is 0 Å². The zero-order valence-corrected chi connectivity index (χ0v) is 8.73. The first-order chi connectivity index (χ1) is 4.74. The number of nitrogens with zero attached hydrogens (tertiary/aromatic N) is 2. The third-order valence-corrected chi connectivity index (χ3v) is 2.37. The van der Waals surface area contributed by atoms with Crippen LogP contribution in [0.4, 0.5) is 0 Å². The highest BCUT2D eigenvalue weighted by atomic mass is 127. The maximum absolute atomic E-state index is 4.25. The van der Waals surface area contributed by atoms with Crippen molar-refractivity contribution in [2.75, 3.05) is 6.26 Å². The molecule has 0 aliphatic rings. The highest BCUT2D eigenvalue weighted by molar-refractivity contribution is 14.1. The number of thioether (sulfide) groups is 1. The zero-order valence-electron chi connectivity index (χ0n) is 5.76. The van der Waals surface area contributed by atoms with E-state index in [2.05, 4.69) is 32.6 Å². The van der Waals surface area contributed by atoms with Crippen LogP contribution in [0.5, 0.6) is 0 Å². The number of halogens is 1. The molecule has 0 unspecified atom stereocenters. The first-order valence-corrected chi connectivity index (χ1v) is 5.07. The van der Waals surface area contributed by atoms with Crippen LogP contribution < -0.4 is 0 Å². The summed E-state index contributed by atoms with van der Waals surface area (Å²) >= 11 is 3.78. The normalized spacial score (nSPS) is 9.90. The number of aromatic nitrogens is 2. The van der Waals surface area contributed by atoms with E-state index in [-0.39, 0.29) is 0 Å². The first-order valence-electron chi connectivity index (χ1n) is 2.77. The van der Waals surface area contributed by atoms with Crippen LogP contribution in [0.2, 0.25) is 0 Å². The quantitative estimate of drug-likeness (QED) is 0.575. The van der Waals surface area contributed by atoms with Crippen molar-refractivity contribution < 1.29 is 0 Å². The van der Waals surface area contributed by atoms with Gasteiger partial charge in [0.15, 0.2) is 0 Å². The van der Waals surface area contributed by atoms with Crippen molar-refractivity contribution in [3.8, 4) is 0 Å². The molecule has 0 bridgehead atoms. The van der Waals surface area contributed by atoms with Crippen molar-refractivity contribution in [3.63, 3.8) is 0 Å². The molecule has 0 saturated heterocycles. The van der Waals surface area contributed by atoms with Gasteiger partial charge in [0, 0.05) is 0 Å². The van der Waals surface area contributed by atoms with E-state index >= 15 is 0 Å². The van der Waals surface area contributed by atoms with E-state index in [1.807, 2.05) is 13.2 Å². The standard InChI is InChI=1S/C6H7IN2S/c1-4-6(10-2)8-3-5(7)9-4/h3H,1-2H3. The lowest BCUT2D eigenvalue weighted by Crippen LogP contribution is -1.91. The SMILES string of the molecule is CSc1ncc(I)nc1C. The van der Waals surface area contributed by atoms with Crippen LogP contribution in [0, 0.1) is 10.6 Å². The molecule has 0 saturated carbocycles. The Morgan fingerprint density at radius 1 is 1.60 bits per heavy atom. The second kappa shape index (κ2) is 3.52. The molecule has 10 heavy (non-hydrogen) atoms. The maximum atomic E-state index is 4.25. The molecular weight excluding hydrogens is 259 g/mol. The molecule has 1 aromatic heterocycles. The Balaban J connectivity index is 3.07. The van der Waals surface area contributed by atoms with Crippen molar-refractivity contribution in [2.45, 2.75) is 11.9 Å². The number of rotatable bonds is 1. The van der Waals surface area contributed by atoms with Crippen LogP contribution in [-0.4, -0.2) is 16.2 Å². The van der Waals surface area contributed by atoms with E-state index in [0.29, 0.717) is 0 Å². The van der Waals surface area contributed by atoms with Gasteiger partial charge in [0.1, 0.15) is 8.73 Å². The average molecular weight is 266 g/mol. The molecule has 0 atom stereocenters. The predicted molar refractivity (Wildman–Crippen MR) is 51.3 cm³/mol. The van der Waals surface area contributed by atoms with Gasteiger partial charge in [-0.05, 0) is 35.8 Å². The zero-order chi connectivity index (χ0) is 7.56. The minimum atomic E-state index is 0.952. The molecule has 0 aliphatic heterocycles. The summed E-state index contributed by atoms with van der Waals surface area (Å²) in [6.07, 6.45) is 3.78. The summed E-state index contributed by atoms with van der Waals surface area (Å²) in [6, 6.07) is 0. The first kappa shape index (κ1) is 8.26. The van der Waals surface area contributed by atoms with Crippen LogP contribution >= 0.6 is 34.4 Å². The molecule has 0 radical (unpaired) electrons. The van der Waals surface area contributed by atoms with Gasteiger partial charge in [0.05, 0.1) is 11.9 Å². The Kier molecular flexibility index (Phi) is 2.91. The van der Waals surface area contributed by atoms with Gasteiger partial charge in [-0.25, -0.2) is 9.97 Å². The summed E-state index contributed by atoms with van der Waals surface area (Å²) in [4.78, 5) is 8.44. The van der Waals surface area contributed by atoms with Crippen molar-refractivity contribution >= 4 is 34.4 Å². The second-order valence-electron chi connectivity index (χ2n) is 1.79. The van der Waals surface area contributed by atoms with Gasteiger partial charge in [0.2, 0.25) is 0 Å². The molecule has 2 nitrogen and oxygen atoms in total. The highest BCUT2D eigenvalue weighted by Crippen LogP contribution is 2.14. The smallest absolute Gasteiger partial charge is 0.119 e. The van der Waals surface area contributed by atoms with Gasteiger partial charge in [0.25, 0.3) is 0 Å². The van der Waals surface area contributed by atoms with E-state index in [4.69, 9.17) is 0 Å². The van der Waals surface area contributed by atoms with Crippen molar-refractivity contribution in [3.05, 3.63) is 15.6 Å². The largest absolute Gasteiger partial charge is 0.245 e. The maximum Gasteiger partial charge on any atom is 0.119 e. The molecule has 1 heterocycles. The minimum Gasteiger partial charge on any atom is -0.245 e. The average Bonchev–Trinajstić information content (AvgIpc) is 1.88. The van der Waals surface area contributed by atoms with Crippen molar-refractivity contribution in [2.24, 2.45) is 0 Å². The number of hydrogen-bond donors (Lipinski definition) is 0. The molecule has 1 aromatic rings. The fraction of sp³-hybridized carbons (Fsp3) is 0.333. The molecule has 54 valence electrons. The van der Waals surface area contributed by atoms with E-state index in [0.717, 1.165) is 14.4 Å². The summed E-state index contributed by atoms with van der Waals surface area (Å²) in [5.41, 5.74) is 1.01. The Morgan fingerprint density at radius 2 is 2.30 bits per heavy atom. The Labute approximate surface area is 78.0 Å². The van der Waals surface area contributed by atoms with E-state index in [9.17, 15) is 0 Å². The van der Waals surface area contributed by atoms with E-state index in [1.165, 1.54) is 0 Å².